The number of methoxy groups -OCH3 is 1. The Morgan fingerprint density at radius 1 is 1.07 bits per heavy atom. The molecule has 7 nitrogen and oxygen atoms in total. The highest BCUT2D eigenvalue weighted by Gasteiger charge is 2.31. The molecule has 1 fully saturated rings. The van der Waals surface area contributed by atoms with Crippen molar-refractivity contribution in [2.24, 2.45) is 0 Å². The maximum atomic E-state index is 13.0. The number of rotatable bonds is 5. The molecular formula is C21H23N3O4S2. The summed E-state index contributed by atoms with van der Waals surface area (Å²) in [5.41, 5.74) is 1.33. The van der Waals surface area contributed by atoms with Gasteiger partial charge in [-0.1, -0.05) is 12.1 Å². The Bertz CT molecular complexity index is 1120. The van der Waals surface area contributed by atoms with Crippen LogP contribution in [0.2, 0.25) is 0 Å². The van der Waals surface area contributed by atoms with Gasteiger partial charge in [-0.15, -0.1) is 11.3 Å². The molecule has 9 heteroatoms. The van der Waals surface area contributed by atoms with Crippen molar-refractivity contribution in [3.8, 4) is 0 Å². The second-order valence-corrected chi connectivity index (χ2v) is 10.2. The number of esters is 1. The molecule has 1 aromatic heterocycles. The second kappa shape index (κ2) is 8.43. The van der Waals surface area contributed by atoms with Gasteiger partial charge in [0.2, 0.25) is 10.0 Å². The van der Waals surface area contributed by atoms with E-state index >= 15 is 0 Å². The number of hydrogen-bond acceptors (Lipinski definition) is 7. The van der Waals surface area contributed by atoms with Gasteiger partial charge >= 0.3 is 5.97 Å². The zero-order chi connectivity index (χ0) is 21.3. The lowest BCUT2D eigenvalue weighted by molar-refractivity contribution is 0.0600. The van der Waals surface area contributed by atoms with Crippen LogP contribution in [0.25, 0.3) is 10.2 Å². The van der Waals surface area contributed by atoms with E-state index in [0.29, 0.717) is 31.7 Å². The Balaban J connectivity index is 1.43. The number of carbonyl (C=O) groups excluding carboxylic acids is 1. The van der Waals surface area contributed by atoms with Gasteiger partial charge in [-0.3, -0.25) is 4.90 Å². The predicted octanol–water partition coefficient (Wildman–Crippen LogP) is 3.15. The summed E-state index contributed by atoms with van der Waals surface area (Å²) in [6, 6.07) is 14.1. The van der Waals surface area contributed by atoms with E-state index in [0.717, 1.165) is 15.2 Å². The maximum absolute atomic E-state index is 13.0. The summed E-state index contributed by atoms with van der Waals surface area (Å²) in [4.78, 5) is 18.7. The molecule has 30 heavy (non-hydrogen) atoms. The molecule has 1 aliphatic heterocycles. The highest BCUT2D eigenvalue weighted by molar-refractivity contribution is 7.89. The van der Waals surface area contributed by atoms with Crippen LogP contribution < -0.4 is 0 Å². The van der Waals surface area contributed by atoms with E-state index in [1.54, 1.807) is 11.3 Å². The lowest BCUT2D eigenvalue weighted by Gasteiger charge is -2.36. The lowest BCUT2D eigenvalue weighted by Crippen LogP contribution is -2.49. The Morgan fingerprint density at radius 2 is 1.73 bits per heavy atom. The van der Waals surface area contributed by atoms with Crippen molar-refractivity contribution < 1.29 is 17.9 Å². The molecule has 0 saturated carbocycles. The van der Waals surface area contributed by atoms with Gasteiger partial charge in [-0.2, -0.15) is 4.31 Å². The van der Waals surface area contributed by atoms with Crippen LogP contribution in [0.15, 0.2) is 53.4 Å². The number of aromatic nitrogens is 1. The average Bonchev–Trinajstić information content (AvgIpc) is 3.22. The van der Waals surface area contributed by atoms with Crippen molar-refractivity contribution >= 4 is 37.5 Å². The monoisotopic (exact) mass is 445 g/mol. The van der Waals surface area contributed by atoms with Crippen molar-refractivity contribution in [2.75, 3.05) is 33.3 Å². The molecule has 2 aromatic carbocycles. The first-order valence-corrected chi connectivity index (χ1v) is 11.9. The minimum Gasteiger partial charge on any atom is -0.465 e. The fourth-order valence-corrected chi connectivity index (χ4v) is 6.06. The molecule has 2 heterocycles. The molecule has 3 aromatic rings. The number of piperazine rings is 1. The molecule has 0 bridgehead atoms. The van der Waals surface area contributed by atoms with Crippen LogP contribution in [0.1, 0.15) is 28.3 Å². The standard InChI is InChI=1S/C21H23N3O4S2/c1-15(20-22-18-5-3-4-6-19(18)29-20)23-11-13-24(14-12-23)30(26,27)17-9-7-16(8-10-17)21(25)28-2/h3-10,15H,11-14H2,1-2H3. The zero-order valence-electron chi connectivity index (χ0n) is 16.8. The van der Waals surface area contributed by atoms with Crippen LogP contribution in [-0.4, -0.2) is 61.9 Å². The fraction of sp³-hybridized carbons (Fsp3) is 0.333. The third-order valence-electron chi connectivity index (χ3n) is 5.40. The van der Waals surface area contributed by atoms with Crippen LogP contribution >= 0.6 is 11.3 Å². The van der Waals surface area contributed by atoms with Gasteiger partial charge in [0.25, 0.3) is 0 Å². The van der Waals surface area contributed by atoms with Gasteiger partial charge in [0, 0.05) is 26.2 Å². The quantitative estimate of drug-likeness (QED) is 0.562. The van der Waals surface area contributed by atoms with Crippen LogP contribution in [-0.2, 0) is 14.8 Å². The van der Waals surface area contributed by atoms with E-state index < -0.39 is 16.0 Å². The second-order valence-electron chi connectivity index (χ2n) is 7.15. The van der Waals surface area contributed by atoms with Gasteiger partial charge in [0.15, 0.2) is 0 Å². The van der Waals surface area contributed by atoms with Crippen LogP contribution in [0.3, 0.4) is 0 Å². The van der Waals surface area contributed by atoms with Crippen molar-refractivity contribution in [1.29, 1.82) is 0 Å². The van der Waals surface area contributed by atoms with E-state index in [2.05, 4.69) is 22.6 Å². The van der Waals surface area contributed by atoms with Crippen LogP contribution in [0, 0.1) is 0 Å². The van der Waals surface area contributed by atoms with Crippen LogP contribution in [0.4, 0.5) is 0 Å². The van der Waals surface area contributed by atoms with Crippen molar-refractivity contribution in [3.63, 3.8) is 0 Å². The number of carbonyl (C=O) groups is 1. The normalized spacial score (nSPS) is 17.1. The summed E-state index contributed by atoms with van der Waals surface area (Å²) in [5, 5.41) is 1.05. The molecular weight excluding hydrogens is 422 g/mol. The lowest BCUT2D eigenvalue weighted by atomic mass is 10.2. The summed E-state index contributed by atoms with van der Waals surface area (Å²) in [5.74, 6) is -0.489. The largest absolute Gasteiger partial charge is 0.465 e. The first kappa shape index (κ1) is 20.9. The Kier molecular flexibility index (Phi) is 5.88. The predicted molar refractivity (Wildman–Crippen MR) is 116 cm³/mol. The highest BCUT2D eigenvalue weighted by Crippen LogP contribution is 2.30. The van der Waals surface area contributed by atoms with Gasteiger partial charge in [0.05, 0.1) is 33.8 Å². The van der Waals surface area contributed by atoms with E-state index in [-0.39, 0.29) is 10.9 Å². The summed E-state index contributed by atoms with van der Waals surface area (Å²) < 4.78 is 33.3. The molecule has 0 spiro atoms. The number of ether oxygens (including phenoxy) is 1. The van der Waals surface area contributed by atoms with Crippen molar-refractivity contribution in [1.82, 2.24) is 14.2 Å². The SMILES string of the molecule is COC(=O)c1ccc(S(=O)(=O)N2CCN(C(C)c3nc4ccccc4s3)CC2)cc1. The number of benzene rings is 2. The van der Waals surface area contributed by atoms with E-state index in [1.165, 1.54) is 35.7 Å². The van der Waals surface area contributed by atoms with E-state index in [9.17, 15) is 13.2 Å². The van der Waals surface area contributed by atoms with Gasteiger partial charge in [-0.25, -0.2) is 18.2 Å². The summed E-state index contributed by atoms with van der Waals surface area (Å²) in [6.45, 7) is 4.22. The molecule has 0 amide bonds. The molecule has 1 aliphatic rings. The minimum atomic E-state index is -3.60. The summed E-state index contributed by atoms with van der Waals surface area (Å²) >= 11 is 1.69. The molecule has 158 valence electrons. The molecule has 1 saturated heterocycles. The number of fused-ring (bicyclic) bond motifs is 1. The third kappa shape index (κ3) is 3.98. The van der Waals surface area contributed by atoms with Gasteiger partial charge < -0.3 is 4.74 Å². The topological polar surface area (TPSA) is 79.8 Å². The number of nitrogens with zero attached hydrogens (tertiary/aromatic N) is 3. The number of hydrogen-bond donors (Lipinski definition) is 0. The molecule has 1 atom stereocenters. The molecule has 4 rings (SSSR count). The Hall–Kier alpha value is -2.33. The minimum absolute atomic E-state index is 0.131. The Labute approximate surface area is 179 Å². The highest BCUT2D eigenvalue weighted by atomic mass is 32.2. The smallest absolute Gasteiger partial charge is 0.337 e. The molecule has 0 aliphatic carbocycles. The van der Waals surface area contributed by atoms with Crippen molar-refractivity contribution in [2.45, 2.75) is 17.9 Å². The molecule has 0 radical (unpaired) electrons. The van der Waals surface area contributed by atoms with Gasteiger partial charge in [0.1, 0.15) is 5.01 Å². The average molecular weight is 446 g/mol. The fourth-order valence-electron chi connectivity index (χ4n) is 3.59. The van der Waals surface area contributed by atoms with Crippen molar-refractivity contribution in [3.05, 3.63) is 59.1 Å². The molecule has 1 unspecified atom stereocenters. The number of sulfonamides is 1. The first-order valence-electron chi connectivity index (χ1n) is 9.68. The van der Waals surface area contributed by atoms with Gasteiger partial charge in [-0.05, 0) is 43.3 Å². The maximum Gasteiger partial charge on any atom is 0.337 e. The third-order valence-corrected chi connectivity index (χ3v) is 8.52. The Morgan fingerprint density at radius 3 is 2.37 bits per heavy atom. The van der Waals surface area contributed by atoms with Crippen LogP contribution in [0.5, 0.6) is 0 Å². The number of para-hydroxylation sites is 1. The first-order chi connectivity index (χ1) is 14.4. The molecule has 0 N–H and O–H groups in total. The summed E-state index contributed by atoms with van der Waals surface area (Å²) in [6.07, 6.45) is 0. The summed E-state index contributed by atoms with van der Waals surface area (Å²) in [7, 11) is -2.31. The van der Waals surface area contributed by atoms with E-state index in [1.807, 2.05) is 18.2 Å². The van der Waals surface area contributed by atoms with E-state index in [4.69, 9.17) is 4.98 Å². The zero-order valence-corrected chi connectivity index (χ0v) is 18.4. The number of thiazole rings is 1.